The molecule has 5 heteroatoms. The van der Waals surface area contributed by atoms with E-state index in [1.54, 1.807) is 10.9 Å². The molecule has 3 rings (SSSR count). The third kappa shape index (κ3) is 2.21. The summed E-state index contributed by atoms with van der Waals surface area (Å²) in [5.74, 6) is -0.437. The third-order valence-electron chi connectivity index (χ3n) is 4.41. The van der Waals surface area contributed by atoms with Crippen LogP contribution in [0.2, 0.25) is 0 Å². The molecule has 0 saturated heterocycles. The zero-order chi connectivity index (χ0) is 15.9. The lowest BCUT2D eigenvalue weighted by Gasteiger charge is -2.42. The second kappa shape index (κ2) is 5.23. The molecule has 116 valence electrons. The first-order valence-electron chi connectivity index (χ1n) is 7.28. The molecule has 0 saturated carbocycles. The number of esters is 1. The summed E-state index contributed by atoms with van der Waals surface area (Å²) >= 11 is 0. The molecule has 22 heavy (non-hydrogen) atoms. The second-order valence-electron chi connectivity index (χ2n) is 6.37. The fourth-order valence-electron chi connectivity index (χ4n) is 3.45. The zero-order valence-corrected chi connectivity index (χ0v) is 12.9. The number of carbonyl (C=O) groups is 1. The van der Waals surface area contributed by atoms with Gasteiger partial charge in [-0.2, -0.15) is 0 Å². The quantitative estimate of drug-likeness (QED) is 0.795. The highest BCUT2D eigenvalue weighted by molar-refractivity contribution is 5.87. The van der Waals surface area contributed by atoms with Crippen molar-refractivity contribution in [2.45, 2.75) is 32.5 Å². The molecule has 0 fully saturated rings. The molecule has 2 aromatic rings. The smallest absolute Gasteiger partial charge is 0.356 e. The summed E-state index contributed by atoms with van der Waals surface area (Å²) in [6, 6.07) is 7.32. The fraction of sp³-hybridized carbons (Fsp3) is 0.412. The van der Waals surface area contributed by atoms with E-state index in [1.807, 2.05) is 38.1 Å². The van der Waals surface area contributed by atoms with Crippen molar-refractivity contribution in [3.8, 4) is 0 Å². The molecule has 0 aliphatic heterocycles. The minimum atomic E-state index is -0.993. The Morgan fingerprint density at radius 2 is 2.05 bits per heavy atom. The summed E-state index contributed by atoms with van der Waals surface area (Å²) < 4.78 is 21.1. The van der Waals surface area contributed by atoms with Crippen LogP contribution in [0.5, 0.6) is 0 Å². The number of hydrogen-bond acceptors (Lipinski definition) is 3. The van der Waals surface area contributed by atoms with Gasteiger partial charge in [0.2, 0.25) is 0 Å². The van der Waals surface area contributed by atoms with Crippen molar-refractivity contribution < 1.29 is 13.9 Å². The molecule has 0 amide bonds. The van der Waals surface area contributed by atoms with E-state index in [2.05, 4.69) is 4.98 Å². The zero-order valence-electron chi connectivity index (χ0n) is 12.9. The molecule has 1 aromatic carbocycles. The monoisotopic (exact) mass is 302 g/mol. The third-order valence-corrected chi connectivity index (χ3v) is 4.41. The van der Waals surface area contributed by atoms with Gasteiger partial charge in [0.25, 0.3) is 0 Å². The van der Waals surface area contributed by atoms with Crippen LogP contribution < -0.4 is 0 Å². The highest BCUT2D eigenvalue weighted by Gasteiger charge is 2.42. The topological polar surface area (TPSA) is 44.1 Å². The van der Waals surface area contributed by atoms with Crippen LogP contribution in [0, 0.1) is 5.41 Å². The van der Waals surface area contributed by atoms with Gasteiger partial charge < -0.3 is 9.30 Å². The van der Waals surface area contributed by atoms with E-state index in [4.69, 9.17) is 4.74 Å². The van der Waals surface area contributed by atoms with E-state index in [1.165, 1.54) is 13.3 Å². The Bertz CT molecular complexity index is 708. The summed E-state index contributed by atoms with van der Waals surface area (Å²) in [5, 5.41) is 0. The number of imidazole rings is 1. The SMILES string of the molecule is COC(=O)c1cncn1[C@@H]1c2ccccc2[C@@H](F)CC1(C)C. The van der Waals surface area contributed by atoms with Crippen molar-refractivity contribution in [3.05, 3.63) is 53.6 Å². The largest absolute Gasteiger partial charge is 0.464 e. The Hall–Kier alpha value is -2.17. The Morgan fingerprint density at radius 1 is 1.36 bits per heavy atom. The molecule has 1 aromatic heterocycles. The van der Waals surface area contributed by atoms with Crippen LogP contribution in [0.1, 0.15) is 54.1 Å². The Kier molecular flexibility index (Phi) is 3.51. The number of aromatic nitrogens is 2. The van der Waals surface area contributed by atoms with Gasteiger partial charge in [-0.1, -0.05) is 38.1 Å². The van der Waals surface area contributed by atoms with Gasteiger partial charge in [-0.25, -0.2) is 14.2 Å². The molecule has 0 unspecified atom stereocenters. The first-order valence-corrected chi connectivity index (χ1v) is 7.28. The van der Waals surface area contributed by atoms with Crippen molar-refractivity contribution in [1.82, 2.24) is 9.55 Å². The first-order chi connectivity index (χ1) is 10.5. The van der Waals surface area contributed by atoms with Crippen LogP contribution in [0.3, 0.4) is 0 Å². The number of benzene rings is 1. The maximum absolute atomic E-state index is 14.5. The van der Waals surface area contributed by atoms with E-state index in [0.717, 1.165) is 5.56 Å². The van der Waals surface area contributed by atoms with Gasteiger partial charge in [0.1, 0.15) is 11.9 Å². The molecule has 0 spiro atoms. The summed E-state index contributed by atoms with van der Waals surface area (Å²) in [7, 11) is 1.34. The predicted molar refractivity (Wildman–Crippen MR) is 80.4 cm³/mol. The molecule has 2 atom stereocenters. The van der Waals surface area contributed by atoms with Crippen LogP contribution in [0.15, 0.2) is 36.8 Å². The number of rotatable bonds is 2. The van der Waals surface area contributed by atoms with Crippen molar-refractivity contribution in [1.29, 1.82) is 0 Å². The summed E-state index contributed by atoms with van der Waals surface area (Å²) in [4.78, 5) is 16.1. The van der Waals surface area contributed by atoms with Gasteiger partial charge in [0, 0.05) is 0 Å². The van der Waals surface area contributed by atoms with Gasteiger partial charge in [-0.05, 0) is 23.0 Å². The number of hydrogen-bond donors (Lipinski definition) is 0. The maximum Gasteiger partial charge on any atom is 0.356 e. The Balaban J connectivity index is 2.19. The number of halogens is 1. The van der Waals surface area contributed by atoms with Gasteiger partial charge in [-0.3, -0.25) is 0 Å². The van der Waals surface area contributed by atoms with Gasteiger partial charge in [-0.15, -0.1) is 0 Å². The highest BCUT2D eigenvalue weighted by atomic mass is 19.1. The average molecular weight is 302 g/mol. The van der Waals surface area contributed by atoms with Gasteiger partial charge >= 0.3 is 5.97 Å². The minimum Gasteiger partial charge on any atom is -0.464 e. The van der Waals surface area contributed by atoms with Gasteiger partial charge in [0.15, 0.2) is 0 Å². The molecule has 1 aliphatic rings. The number of ether oxygens (including phenoxy) is 1. The summed E-state index contributed by atoms with van der Waals surface area (Å²) in [6.45, 7) is 4.03. The minimum absolute atomic E-state index is 0.160. The standard InChI is InChI=1S/C17H19FN2O2/c1-17(2)8-13(18)11-6-4-5-7-12(11)15(17)20-10-19-9-14(20)16(21)22-3/h4-7,9-10,13,15H,8H2,1-3H3/t13-,15+/m0/s1. The lowest BCUT2D eigenvalue weighted by atomic mass is 9.69. The van der Waals surface area contributed by atoms with Crippen molar-refractivity contribution in [3.63, 3.8) is 0 Å². The van der Waals surface area contributed by atoms with E-state index in [-0.39, 0.29) is 11.5 Å². The fourth-order valence-corrected chi connectivity index (χ4v) is 3.45. The molecule has 0 radical (unpaired) electrons. The highest BCUT2D eigenvalue weighted by Crippen LogP contribution is 2.51. The van der Waals surface area contributed by atoms with Crippen LogP contribution in [0.4, 0.5) is 4.39 Å². The average Bonchev–Trinajstić information content (AvgIpc) is 2.94. The molecule has 0 bridgehead atoms. The number of methoxy groups -OCH3 is 1. The van der Waals surface area contributed by atoms with E-state index in [0.29, 0.717) is 17.7 Å². The lowest BCUT2D eigenvalue weighted by molar-refractivity contribution is 0.0577. The Labute approximate surface area is 128 Å². The number of nitrogens with zero attached hydrogens (tertiary/aromatic N) is 2. The number of carbonyl (C=O) groups excluding carboxylic acids is 1. The van der Waals surface area contributed by atoms with Crippen LogP contribution in [0.25, 0.3) is 0 Å². The molecular weight excluding hydrogens is 283 g/mol. The summed E-state index contributed by atoms with van der Waals surface area (Å²) in [5.41, 5.74) is 1.62. The van der Waals surface area contributed by atoms with Crippen molar-refractivity contribution >= 4 is 5.97 Å². The van der Waals surface area contributed by atoms with E-state index < -0.39 is 12.1 Å². The summed E-state index contributed by atoms with van der Waals surface area (Å²) in [6.07, 6.45) is 2.51. The molecule has 1 aliphatic carbocycles. The second-order valence-corrected chi connectivity index (χ2v) is 6.37. The molecule has 0 N–H and O–H groups in total. The van der Waals surface area contributed by atoms with Crippen LogP contribution in [-0.4, -0.2) is 22.6 Å². The molecule has 1 heterocycles. The molecular formula is C17H19FN2O2. The van der Waals surface area contributed by atoms with Crippen molar-refractivity contribution in [2.24, 2.45) is 5.41 Å². The van der Waals surface area contributed by atoms with Crippen LogP contribution in [-0.2, 0) is 4.74 Å². The van der Waals surface area contributed by atoms with Crippen LogP contribution >= 0.6 is 0 Å². The number of fused-ring (bicyclic) bond motifs is 1. The van der Waals surface area contributed by atoms with E-state index >= 15 is 0 Å². The molecule has 4 nitrogen and oxygen atoms in total. The lowest BCUT2D eigenvalue weighted by Crippen LogP contribution is -2.35. The first kappa shape index (κ1) is 14.8. The van der Waals surface area contributed by atoms with Gasteiger partial charge in [0.05, 0.1) is 25.7 Å². The predicted octanol–water partition coefficient (Wildman–Crippen LogP) is 3.70. The normalized spacial score (nSPS) is 22.9. The maximum atomic E-state index is 14.5. The van der Waals surface area contributed by atoms with E-state index in [9.17, 15) is 9.18 Å². The number of alkyl halides is 1. The Morgan fingerprint density at radius 3 is 2.73 bits per heavy atom. The van der Waals surface area contributed by atoms with Crippen molar-refractivity contribution in [2.75, 3.05) is 7.11 Å².